The molecule has 2 aromatic rings. The zero-order valence-electron chi connectivity index (χ0n) is 13.9. The molecule has 0 spiro atoms. The van der Waals surface area contributed by atoms with Crippen molar-refractivity contribution in [3.8, 4) is 0 Å². The van der Waals surface area contributed by atoms with E-state index in [-0.39, 0.29) is 12.2 Å². The van der Waals surface area contributed by atoms with Gasteiger partial charge in [0, 0.05) is 5.56 Å². The van der Waals surface area contributed by atoms with E-state index in [1.807, 2.05) is 61.5 Å². The van der Waals surface area contributed by atoms with E-state index in [4.69, 9.17) is 9.47 Å². The van der Waals surface area contributed by atoms with Crippen LogP contribution in [-0.4, -0.2) is 17.3 Å². The number of benzene rings is 2. The van der Waals surface area contributed by atoms with Gasteiger partial charge in [-0.25, -0.2) is 0 Å². The summed E-state index contributed by atoms with van der Waals surface area (Å²) in [5.41, 5.74) is 1.45. The van der Waals surface area contributed by atoms with Crippen molar-refractivity contribution in [1.82, 2.24) is 0 Å². The number of hydrogen-bond acceptors (Lipinski definition) is 3. The fourth-order valence-corrected chi connectivity index (χ4v) is 3.24. The van der Waals surface area contributed by atoms with E-state index in [0.717, 1.165) is 23.1 Å². The summed E-state index contributed by atoms with van der Waals surface area (Å²) >= 11 is 0. The first-order valence-corrected chi connectivity index (χ1v) is 8.16. The lowest BCUT2D eigenvalue weighted by atomic mass is 9.85. The van der Waals surface area contributed by atoms with Gasteiger partial charge in [-0.15, -0.1) is 0 Å². The number of ether oxygens (including phenoxy) is 2. The predicted octanol–water partition coefficient (Wildman–Crippen LogP) is 4.15. The molecule has 0 amide bonds. The van der Waals surface area contributed by atoms with Crippen LogP contribution in [0.25, 0.3) is 0 Å². The molecule has 3 nitrogen and oxygen atoms in total. The Hall–Kier alpha value is -1.68. The highest BCUT2D eigenvalue weighted by Gasteiger charge is 2.34. The number of hydrogen-bond donors (Lipinski definition) is 1. The molecule has 2 aromatic carbocycles. The van der Waals surface area contributed by atoms with E-state index in [9.17, 15) is 5.11 Å². The minimum Gasteiger partial charge on any atom is -0.381 e. The maximum atomic E-state index is 11.2. The van der Waals surface area contributed by atoms with Crippen molar-refractivity contribution in [2.75, 3.05) is 0 Å². The quantitative estimate of drug-likeness (QED) is 0.925. The van der Waals surface area contributed by atoms with Gasteiger partial charge in [0.05, 0.1) is 12.2 Å². The van der Waals surface area contributed by atoms with E-state index in [0.29, 0.717) is 0 Å². The molecule has 3 rings (SSSR count). The van der Waals surface area contributed by atoms with Crippen LogP contribution in [0.4, 0.5) is 0 Å². The second-order valence-electron chi connectivity index (χ2n) is 6.49. The van der Waals surface area contributed by atoms with Crippen molar-refractivity contribution in [3.63, 3.8) is 0 Å². The van der Waals surface area contributed by atoms with Crippen LogP contribution in [0.1, 0.15) is 50.2 Å². The van der Waals surface area contributed by atoms with Crippen LogP contribution in [0.3, 0.4) is 0 Å². The third-order valence-electron chi connectivity index (χ3n) is 4.45. The van der Waals surface area contributed by atoms with Gasteiger partial charge in [0.25, 0.3) is 0 Å². The Labute approximate surface area is 137 Å². The fourth-order valence-electron chi connectivity index (χ4n) is 3.24. The van der Waals surface area contributed by atoms with Gasteiger partial charge >= 0.3 is 0 Å². The lowest BCUT2D eigenvalue weighted by molar-refractivity contribution is -0.240. The van der Waals surface area contributed by atoms with Crippen LogP contribution in [0.5, 0.6) is 0 Å². The number of aliphatic hydroxyl groups is 1. The van der Waals surface area contributed by atoms with Gasteiger partial charge in [-0.1, -0.05) is 54.6 Å². The zero-order chi connectivity index (χ0) is 16.4. The van der Waals surface area contributed by atoms with Crippen LogP contribution >= 0.6 is 0 Å². The van der Waals surface area contributed by atoms with Gasteiger partial charge in [0.15, 0.2) is 6.29 Å². The van der Waals surface area contributed by atoms with Crippen LogP contribution in [0, 0.1) is 0 Å². The van der Waals surface area contributed by atoms with Gasteiger partial charge in [0.1, 0.15) is 5.60 Å². The molecular formula is C20H24O3. The molecule has 0 aromatic heterocycles. The first kappa shape index (κ1) is 16.2. The molecule has 0 radical (unpaired) electrons. The Morgan fingerprint density at radius 1 is 0.913 bits per heavy atom. The maximum absolute atomic E-state index is 11.2. The Bertz CT molecular complexity index is 641. The highest BCUT2D eigenvalue weighted by atomic mass is 16.7. The molecule has 3 heteroatoms. The Morgan fingerprint density at radius 3 is 2.13 bits per heavy atom. The molecule has 23 heavy (non-hydrogen) atoms. The molecule has 1 N–H and O–H groups in total. The average Bonchev–Trinajstić information content (AvgIpc) is 2.55. The lowest BCUT2D eigenvalue weighted by Crippen LogP contribution is -2.33. The fraction of sp³-hybridized carbons (Fsp3) is 0.400. The third kappa shape index (κ3) is 3.32. The summed E-state index contributed by atoms with van der Waals surface area (Å²) < 4.78 is 12.0. The maximum Gasteiger partial charge on any atom is 0.184 e. The largest absolute Gasteiger partial charge is 0.381 e. The molecule has 0 bridgehead atoms. The van der Waals surface area contributed by atoms with E-state index in [1.54, 1.807) is 0 Å². The van der Waals surface area contributed by atoms with Gasteiger partial charge < -0.3 is 14.6 Å². The molecular weight excluding hydrogens is 288 g/mol. The van der Waals surface area contributed by atoms with Crippen molar-refractivity contribution in [2.45, 2.75) is 51.3 Å². The first-order chi connectivity index (χ1) is 11.0. The zero-order valence-corrected chi connectivity index (χ0v) is 13.9. The molecule has 1 saturated heterocycles. The highest BCUT2D eigenvalue weighted by molar-refractivity contribution is 5.40. The van der Waals surface area contributed by atoms with Crippen molar-refractivity contribution in [2.24, 2.45) is 0 Å². The average molecular weight is 312 g/mol. The summed E-state index contributed by atoms with van der Waals surface area (Å²) in [7, 11) is 0. The van der Waals surface area contributed by atoms with Crippen LogP contribution < -0.4 is 0 Å². The van der Waals surface area contributed by atoms with E-state index in [2.05, 4.69) is 13.8 Å². The van der Waals surface area contributed by atoms with Crippen LogP contribution in [0.15, 0.2) is 54.6 Å². The molecule has 122 valence electrons. The van der Waals surface area contributed by atoms with E-state index >= 15 is 0 Å². The van der Waals surface area contributed by atoms with E-state index in [1.165, 1.54) is 0 Å². The van der Waals surface area contributed by atoms with Crippen molar-refractivity contribution < 1.29 is 14.6 Å². The number of rotatable bonds is 3. The van der Waals surface area contributed by atoms with Gasteiger partial charge in [-0.05, 0) is 38.3 Å². The Morgan fingerprint density at radius 2 is 1.48 bits per heavy atom. The molecule has 1 unspecified atom stereocenters. The second-order valence-corrected chi connectivity index (χ2v) is 6.49. The normalized spacial score (nSPS) is 27.4. The van der Waals surface area contributed by atoms with Gasteiger partial charge in [-0.2, -0.15) is 0 Å². The summed E-state index contributed by atoms with van der Waals surface area (Å²) in [6.45, 7) is 5.94. The molecule has 0 saturated carbocycles. The molecule has 1 heterocycles. The Balaban J connectivity index is 2.01. The summed E-state index contributed by atoms with van der Waals surface area (Å²) in [6, 6.07) is 17.5. The minimum absolute atomic E-state index is 0.137. The highest BCUT2D eigenvalue weighted by Crippen LogP contribution is 2.38. The van der Waals surface area contributed by atoms with E-state index < -0.39 is 11.9 Å². The summed E-state index contributed by atoms with van der Waals surface area (Å²) in [5, 5.41) is 11.2. The van der Waals surface area contributed by atoms with Crippen molar-refractivity contribution in [1.29, 1.82) is 0 Å². The summed E-state index contributed by atoms with van der Waals surface area (Å²) in [6.07, 6.45) is 0.713. The van der Waals surface area contributed by atoms with Crippen molar-refractivity contribution in [3.05, 3.63) is 71.3 Å². The summed E-state index contributed by atoms with van der Waals surface area (Å²) in [4.78, 5) is 0. The molecule has 3 atom stereocenters. The molecule has 1 aliphatic rings. The summed E-state index contributed by atoms with van der Waals surface area (Å²) in [5.74, 6) is 0. The Kier molecular flexibility index (Phi) is 4.53. The second kappa shape index (κ2) is 6.44. The standard InChI is InChI=1S/C20H24O3/c1-14-13-15(2)23-19(22-14)17-11-7-8-12-18(17)20(3,21)16-9-5-4-6-10-16/h4-12,14-15,19,21H,13H2,1-3H3/t14-,15-,20?/m1/s1. The smallest absolute Gasteiger partial charge is 0.184 e. The SMILES string of the molecule is C[C@@H]1C[C@@H](C)OC(c2ccccc2C(C)(O)c2ccccc2)O1. The molecule has 1 fully saturated rings. The van der Waals surface area contributed by atoms with Gasteiger partial charge in [0.2, 0.25) is 0 Å². The van der Waals surface area contributed by atoms with Gasteiger partial charge in [-0.3, -0.25) is 0 Å². The molecule has 1 aliphatic heterocycles. The topological polar surface area (TPSA) is 38.7 Å². The first-order valence-electron chi connectivity index (χ1n) is 8.16. The van der Waals surface area contributed by atoms with Crippen molar-refractivity contribution >= 4 is 0 Å². The minimum atomic E-state index is -1.10. The predicted molar refractivity (Wildman–Crippen MR) is 90.0 cm³/mol. The molecule has 0 aliphatic carbocycles. The lowest BCUT2D eigenvalue weighted by Gasteiger charge is -2.36. The third-order valence-corrected chi connectivity index (χ3v) is 4.45. The van der Waals surface area contributed by atoms with Crippen LogP contribution in [-0.2, 0) is 15.1 Å². The monoisotopic (exact) mass is 312 g/mol. The van der Waals surface area contributed by atoms with Crippen LogP contribution in [0.2, 0.25) is 0 Å².